The van der Waals surface area contributed by atoms with Gasteiger partial charge in [0.25, 0.3) is 0 Å². The fourth-order valence-electron chi connectivity index (χ4n) is 2.50. The van der Waals surface area contributed by atoms with Gasteiger partial charge in [0.2, 0.25) is 5.91 Å². The highest BCUT2D eigenvalue weighted by Gasteiger charge is 2.27. The molecule has 0 aromatic heterocycles. The van der Waals surface area contributed by atoms with Crippen LogP contribution in [0.5, 0.6) is 0 Å². The summed E-state index contributed by atoms with van der Waals surface area (Å²) in [4.78, 5) is 11.8. The number of halogens is 1. The fraction of sp³-hybridized carbons (Fsp3) is 0.923. The van der Waals surface area contributed by atoms with Crippen LogP contribution in [0.4, 0.5) is 0 Å². The lowest BCUT2D eigenvalue weighted by molar-refractivity contribution is -0.123. The summed E-state index contributed by atoms with van der Waals surface area (Å²) in [6.45, 7) is 3.98. The van der Waals surface area contributed by atoms with Crippen LogP contribution in [-0.2, 0) is 15.6 Å². The Balaban J connectivity index is 0.00000324. The van der Waals surface area contributed by atoms with E-state index in [1.807, 2.05) is 13.8 Å². The number of carbonyl (C=O) groups excluding carboxylic acids is 1. The Morgan fingerprint density at radius 1 is 1.42 bits per heavy atom. The fourth-order valence-corrected chi connectivity index (χ4v) is 3.85. The normalized spacial score (nSPS) is 26.1. The zero-order valence-electron chi connectivity index (χ0n) is 11.9. The van der Waals surface area contributed by atoms with Crippen LogP contribution in [0.25, 0.3) is 0 Å². The third kappa shape index (κ3) is 6.23. The Morgan fingerprint density at radius 2 is 2.11 bits per heavy atom. The molecule has 1 fully saturated rings. The van der Waals surface area contributed by atoms with Gasteiger partial charge >= 0.3 is 0 Å². The van der Waals surface area contributed by atoms with Crippen LogP contribution in [0.1, 0.15) is 52.4 Å². The maximum Gasteiger partial charge on any atom is 0.237 e. The third-order valence-corrected chi connectivity index (χ3v) is 5.31. The standard InChI is InChI=1S/C13H26N2O2S.ClH/c1-3-6-12(14)13(16)15-10-7-5-8-11(9-10)18(17)4-2;/h10-12H,3-9,14H2,1-2H3,(H,15,16);1H. The summed E-state index contributed by atoms with van der Waals surface area (Å²) < 4.78 is 11.8. The van der Waals surface area contributed by atoms with Crippen molar-refractivity contribution in [3.05, 3.63) is 0 Å². The predicted molar refractivity (Wildman–Crippen MR) is 83.0 cm³/mol. The Morgan fingerprint density at radius 3 is 2.68 bits per heavy atom. The van der Waals surface area contributed by atoms with Crippen LogP contribution in [0, 0.1) is 0 Å². The topological polar surface area (TPSA) is 72.2 Å². The first-order chi connectivity index (χ1) is 8.58. The Bertz CT molecular complexity index is 302. The van der Waals surface area contributed by atoms with E-state index in [1.54, 1.807) is 0 Å². The molecule has 19 heavy (non-hydrogen) atoms. The quantitative estimate of drug-likeness (QED) is 0.785. The van der Waals surface area contributed by atoms with Crippen molar-refractivity contribution >= 4 is 29.1 Å². The molecule has 4 nitrogen and oxygen atoms in total. The van der Waals surface area contributed by atoms with Crippen LogP contribution in [0.2, 0.25) is 0 Å². The lowest BCUT2D eigenvalue weighted by Gasteiger charge is -2.29. The molecule has 0 saturated heterocycles. The number of rotatable bonds is 6. The van der Waals surface area contributed by atoms with Gasteiger partial charge < -0.3 is 11.1 Å². The summed E-state index contributed by atoms with van der Waals surface area (Å²) in [7, 11) is -0.746. The summed E-state index contributed by atoms with van der Waals surface area (Å²) in [6, 6.07) is -0.235. The summed E-state index contributed by atoms with van der Waals surface area (Å²) in [5.41, 5.74) is 5.79. The van der Waals surface area contributed by atoms with Gasteiger partial charge in [-0.05, 0) is 25.7 Å². The molecule has 0 spiro atoms. The molecule has 4 atom stereocenters. The van der Waals surface area contributed by atoms with E-state index in [2.05, 4.69) is 5.32 Å². The smallest absolute Gasteiger partial charge is 0.237 e. The van der Waals surface area contributed by atoms with Gasteiger partial charge in [0.05, 0.1) is 6.04 Å². The van der Waals surface area contributed by atoms with Gasteiger partial charge in [0.1, 0.15) is 0 Å². The second kappa shape index (κ2) is 9.72. The molecule has 4 unspecified atom stereocenters. The van der Waals surface area contributed by atoms with Crippen molar-refractivity contribution in [3.8, 4) is 0 Å². The van der Waals surface area contributed by atoms with E-state index in [1.165, 1.54) is 0 Å². The van der Waals surface area contributed by atoms with Crippen LogP contribution in [0.3, 0.4) is 0 Å². The average molecular weight is 311 g/mol. The van der Waals surface area contributed by atoms with Crippen molar-refractivity contribution in [1.29, 1.82) is 0 Å². The Labute approximate surface area is 125 Å². The second-order valence-corrected chi connectivity index (χ2v) is 7.06. The van der Waals surface area contributed by atoms with E-state index in [-0.39, 0.29) is 29.6 Å². The monoisotopic (exact) mass is 310 g/mol. The average Bonchev–Trinajstić information content (AvgIpc) is 2.38. The van der Waals surface area contributed by atoms with E-state index >= 15 is 0 Å². The molecule has 0 bridgehead atoms. The summed E-state index contributed by atoms with van der Waals surface area (Å²) >= 11 is 0. The maximum atomic E-state index is 11.8. The van der Waals surface area contributed by atoms with Gasteiger partial charge in [-0.25, -0.2) is 0 Å². The highest BCUT2D eigenvalue weighted by molar-refractivity contribution is 7.85. The molecule has 1 amide bonds. The van der Waals surface area contributed by atoms with Crippen LogP contribution < -0.4 is 11.1 Å². The molecule has 114 valence electrons. The highest BCUT2D eigenvalue weighted by atomic mass is 35.5. The number of carbonyl (C=O) groups is 1. The predicted octanol–water partition coefficient (Wildman–Crippen LogP) is 1.73. The molecule has 0 radical (unpaired) electrons. The van der Waals surface area contributed by atoms with E-state index < -0.39 is 16.8 Å². The van der Waals surface area contributed by atoms with Crippen LogP contribution in [-0.4, -0.2) is 33.2 Å². The first kappa shape index (κ1) is 18.9. The molecule has 1 saturated carbocycles. The number of hydrogen-bond donors (Lipinski definition) is 2. The second-order valence-electron chi connectivity index (χ2n) is 5.06. The van der Waals surface area contributed by atoms with Gasteiger partial charge in [0, 0.05) is 27.8 Å². The minimum Gasteiger partial charge on any atom is -0.352 e. The van der Waals surface area contributed by atoms with Crippen molar-refractivity contribution in [2.75, 3.05) is 5.75 Å². The van der Waals surface area contributed by atoms with Crippen molar-refractivity contribution in [1.82, 2.24) is 5.32 Å². The Hall–Kier alpha value is -0.130. The molecule has 0 aromatic rings. The molecule has 6 heteroatoms. The molecule has 0 heterocycles. The van der Waals surface area contributed by atoms with Crippen molar-refractivity contribution in [2.24, 2.45) is 5.73 Å². The van der Waals surface area contributed by atoms with Crippen molar-refractivity contribution in [2.45, 2.75) is 69.7 Å². The molecular weight excluding hydrogens is 284 g/mol. The lowest BCUT2D eigenvalue weighted by atomic mass is 9.94. The minimum absolute atomic E-state index is 0. The van der Waals surface area contributed by atoms with Gasteiger partial charge in [-0.1, -0.05) is 26.7 Å². The number of nitrogens with one attached hydrogen (secondary N) is 1. The molecule has 1 aliphatic rings. The van der Waals surface area contributed by atoms with E-state index in [0.717, 1.165) is 38.5 Å². The summed E-state index contributed by atoms with van der Waals surface area (Å²) in [6.07, 6.45) is 5.54. The Kier molecular flexibility index (Phi) is 9.66. The van der Waals surface area contributed by atoms with Crippen LogP contribution in [0.15, 0.2) is 0 Å². The van der Waals surface area contributed by atoms with E-state index in [0.29, 0.717) is 5.75 Å². The summed E-state index contributed by atoms with van der Waals surface area (Å²) in [5.74, 6) is 0.658. The maximum absolute atomic E-state index is 11.8. The van der Waals surface area contributed by atoms with Crippen molar-refractivity contribution in [3.63, 3.8) is 0 Å². The first-order valence-electron chi connectivity index (χ1n) is 7.01. The first-order valence-corrected chi connectivity index (χ1v) is 8.39. The largest absolute Gasteiger partial charge is 0.352 e. The molecule has 3 N–H and O–H groups in total. The van der Waals surface area contributed by atoms with Gasteiger partial charge in [0.15, 0.2) is 0 Å². The molecule has 0 aliphatic heterocycles. The SMILES string of the molecule is CCCC(N)C(=O)NC1CCCC(S(=O)CC)C1.Cl. The van der Waals surface area contributed by atoms with Crippen molar-refractivity contribution < 1.29 is 9.00 Å². The number of hydrogen-bond acceptors (Lipinski definition) is 3. The van der Waals surface area contributed by atoms with E-state index in [9.17, 15) is 9.00 Å². The third-order valence-electron chi connectivity index (χ3n) is 3.57. The molecule has 0 aromatic carbocycles. The minimum atomic E-state index is -0.746. The number of amides is 1. The molecular formula is C13H27ClN2O2S. The highest BCUT2D eigenvalue weighted by Crippen LogP contribution is 2.23. The van der Waals surface area contributed by atoms with E-state index in [4.69, 9.17) is 5.73 Å². The van der Waals surface area contributed by atoms with Crippen LogP contribution >= 0.6 is 12.4 Å². The van der Waals surface area contributed by atoms with Gasteiger partial charge in [-0.15, -0.1) is 12.4 Å². The zero-order chi connectivity index (χ0) is 13.5. The zero-order valence-corrected chi connectivity index (χ0v) is 13.5. The van der Waals surface area contributed by atoms with Gasteiger partial charge in [-0.3, -0.25) is 9.00 Å². The molecule has 1 rings (SSSR count). The molecule has 1 aliphatic carbocycles. The summed E-state index contributed by atoms with van der Waals surface area (Å²) in [5, 5.41) is 3.26. The van der Waals surface area contributed by atoms with Gasteiger partial charge in [-0.2, -0.15) is 0 Å². The number of nitrogens with two attached hydrogens (primary N) is 1. The lowest BCUT2D eigenvalue weighted by Crippen LogP contribution is -2.47.